The number of hydrogen-bond donors (Lipinski definition) is 2. The summed E-state index contributed by atoms with van der Waals surface area (Å²) in [4.78, 5) is 11.5. The number of benzene rings is 1. The molecule has 0 unspecified atom stereocenters. The highest BCUT2D eigenvalue weighted by molar-refractivity contribution is 5.80. The SMILES string of the molecule is C/C(=C/Cc1ccc2c(c1)OCO2)NNC(=O)C1CC1. The molecule has 0 spiro atoms. The molecule has 1 amide bonds. The normalized spacial score (nSPS) is 16.9. The molecule has 0 bridgehead atoms. The summed E-state index contributed by atoms with van der Waals surface area (Å²) >= 11 is 0. The molecule has 0 radical (unpaired) electrons. The molecular weight excluding hydrogens is 256 g/mol. The van der Waals surface area contributed by atoms with E-state index in [1.54, 1.807) is 0 Å². The molecule has 2 aliphatic rings. The van der Waals surface area contributed by atoms with E-state index in [9.17, 15) is 4.79 Å². The predicted octanol–water partition coefficient (Wildman–Crippen LogP) is 1.89. The van der Waals surface area contributed by atoms with Gasteiger partial charge < -0.3 is 14.9 Å². The molecule has 5 nitrogen and oxygen atoms in total. The summed E-state index contributed by atoms with van der Waals surface area (Å²) in [6, 6.07) is 5.91. The van der Waals surface area contributed by atoms with Crippen molar-refractivity contribution >= 4 is 5.91 Å². The molecule has 1 heterocycles. The van der Waals surface area contributed by atoms with E-state index in [4.69, 9.17) is 9.47 Å². The minimum atomic E-state index is 0.0841. The average molecular weight is 274 g/mol. The Bertz CT molecular complexity index is 550. The maximum Gasteiger partial charge on any atom is 0.241 e. The summed E-state index contributed by atoms with van der Waals surface area (Å²) in [5.41, 5.74) is 7.72. The van der Waals surface area contributed by atoms with Crippen molar-refractivity contribution in [2.75, 3.05) is 6.79 Å². The molecule has 20 heavy (non-hydrogen) atoms. The molecule has 1 aromatic carbocycles. The summed E-state index contributed by atoms with van der Waals surface area (Å²) in [6.45, 7) is 2.22. The van der Waals surface area contributed by atoms with Gasteiger partial charge in [-0.05, 0) is 43.9 Å². The molecule has 5 heteroatoms. The fourth-order valence-corrected chi connectivity index (χ4v) is 2.00. The molecule has 0 saturated heterocycles. The van der Waals surface area contributed by atoms with Crippen molar-refractivity contribution in [3.05, 3.63) is 35.5 Å². The van der Waals surface area contributed by atoms with Gasteiger partial charge in [0.05, 0.1) is 0 Å². The van der Waals surface area contributed by atoms with E-state index >= 15 is 0 Å². The topological polar surface area (TPSA) is 59.6 Å². The summed E-state index contributed by atoms with van der Waals surface area (Å²) in [6.07, 6.45) is 4.82. The Labute approximate surface area is 117 Å². The maximum atomic E-state index is 11.5. The number of carbonyl (C=O) groups excluding carboxylic acids is 1. The second kappa shape index (κ2) is 5.45. The van der Waals surface area contributed by atoms with Crippen LogP contribution in [0.25, 0.3) is 0 Å². The molecule has 1 aliphatic carbocycles. The van der Waals surface area contributed by atoms with E-state index in [-0.39, 0.29) is 11.8 Å². The van der Waals surface area contributed by atoms with E-state index in [2.05, 4.69) is 10.9 Å². The summed E-state index contributed by atoms with van der Waals surface area (Å²) in [5.74, 6) is 1.89. The van der Waals surface area contributed by atoms with E-state index in [1.807, 2.05) is 31.2 Å². The fraction of sp³-hybridized carbons (Fsp3) is 0.400. The van der Waals surface area contributed by atoms with Gasteiger partial charge in [0, 0.05) is 11.6 Å². The lowest BCUT2D eigenvalue weighted by Crippen LogP contribution is -2.37. The minimum Gasteiger partial charge on any atom is -0.454 e. The zero-order valence-electron chi connectivity index (χ0n) is 11.4. The van der Waals surface area contributed by atoms with E-state index in [0.717, 1.165) is 42.0 Å². The number of fused-ring (bicyclic) bond motifs is 1. The first-order chi connectivity index (χ1) is 9.72. The first kappa shape index (κ1) is 12.8. The Morgan fingerprint density at radius 2 is 2.10 bits per heavy atom. The third-order valence-corrected chi connectivity index (χ3v) is 3.41. The molecule has 1 aliphatic heterocycles. The highest BCUT2D eigenvalue weighted by Gasteiger charge is 2.29. The number of nitrogens with one attached hydrogen (secondary N) is 2. The Morgan fingerprint density at radius 1 is 1.30 bits per heavy atom. The van der Waals surface area contributed by atoms with Crippen molar-refractivity contribution in [2.45, 2.75) is 26.2 Å². The smallest absolute Gasteiger partial charge is 0.241 e. The second-order valence-corrected chi connectivity index (χ2v) is 5.17. The van der Waals surface area contributed by atoms with Crippen LogP contribution in [0.1, 0.15) is 25.3 Å². The highest BCUT2D eigenvalue weighted by Crippen LogP contribution is 2.32. The van der Waals surface area contributed by atoms with Crippen LogP contribution in [0, 0.1) is 5.92 Å². The quantitative estimate of drug-likeness (QED) is 0.805. The van der Waals surface area contributed by atoms with Gasteiger partial charge in [0.1, 0.15) is 0 Å². The standard InChI is InChI=1S/C15H18N2O3/c1-10(16-17-15(18)12-5-6-12)2-3-11-4-7-13-14(8-11)20-9-19-13/h2,4,7-8,12,16H,3,5-6,9H2,1H3,(H,17,18)/b10-2-. The monoisotopic (exact) mass is 274 g/mol. The second-order valence-electron chi connectivity index (χ2n) is 5.17. The lowest BCUT2D eigenvalue weighted by Gasteiger charge is -2.08. The third kappa shape index (κ3) is 3.04. The molecule has 1 fully saturated rings. The molecular formula is C15H18N2O3. The largest absolute Gasteiger partial charge is 0.454 e. The summed E-state index contributed by atoms with van der Waals surface area (Å²) < 4.78 is 10.6. The Kier molecular flexibility index (Phi) is 3.50. The first-order valence-corrected chi connectivity index (χ1v) is 6.83. The van der Waals surface area contributed by atoms with Crippen molar-refractivity contribution < 1.29 is 14.3 Å². The van der Waals surface area contributed by atoms with Gasteiger partial charge in [-0.2, -0.15) is 0 Å². The first-order valence-electron chi connectivity index (χ1n) is 6.83. The van der Waals surface area contributed by atoms with Crippen LogP contribution in [0.5, 0.6) is 11.5 Å². The van der Waals surface area contributed by atoms with Crippen molar-refractivity contribution in [1.29, 1.82) is 0 Å². The van der Waals surface area contributed by atoms with Gasteiger partial charge in [-0.3, -0.25) is 10.2 Å². The predicted molar refractivity (Wildman–Crippen MR) is 74.0 cm³/mol. The summed E-state index contributed by atoms with van der Waals surface area (Å²) in [5, 5.41) is 0. The van der Waals surface area contributed by atoms with Crippen LogP contribution in [0.3, 0.4) is 0 Å². The molecule has 3 rings (SSSR count). The number of hydrogen-bond acceptors (Lipinski definition) is 4. The number of hydrazine groups is 1. The highest BCUT2D eigenvalue weighted by atomic mass is 16.7. The van der Waals surface area contributed by atoms with Crippen molar-refractivity contribution in [1.82, 2.24) is 10.9 Å². The van der Waals surface area contributed by atoms with Gasteiger partial charge in [0.25, 0.3) is 0 Å². The van der Waals surface area contributed by atoms with Crippen LogP contribution >= 0.6 is 0 Å². The van der Waals surface area contributed by atoms with Gasteiger partial charge in [-0.25, -0.2) is 0 Å². The molecule has 0 aromatic heterocycles. The average Bonchev–Trinajstić information content (AvgIpc) is 3.20. The molecule has 106 valence electrons. The molecule has 1 aromatic rings. The molecule has 2 N–H and O–H groups in total. The van der Waals surface area contributed by atoms with Crippen LogP contribution in [0.4, 0.5) is 0 Å². The molecule has 1 saturated carbocycles. The Balaban J connectivity index is 1.51. The van der Waals surface area contributed by atoms with Gasteiger partial charge >= 0.3 is 0 Å². The minimum absolute atomic E-state index is 0.0841. The van der Waals surface area contributed by atoms with E-state index in [0.29, 0.717) is 6.79 Å². The van der Waals surface area contributed by atoms with Crippen LogP contribution in [0.2, 0.25) is 0 Å². The van der Waals surface area contributed by atoms with Crippen LogP contribution in [0.15, 0.2) is 30.0 Å². The number of amides is 1. The maximum absolute atomic E-state index is 11.5. The molecule has 0 atom stereocenters. The van der Waals surface area contributed by atoms with E-state index in [1.165, 1.54) is 0 Å². The van der Waals surface area contributed by atoms with Crippen molar-refractivity contribution in [3.63, 3.8) is 0 Å². The zero-order valence-corrected chi connectivity index (χ0v) is 11.4. The lowest BCUT2D eigenvalue weighted by atomic mass is 10.1. The van der Waals surface area contributed by atoms with Crippen molar-refractivity contribution in [3.8, 4) is 11.5 Å². The van der Waals surface area contributed by atoms with E-state index < -0.39 is 0 Å². The van der Waals surface area contributed by atoms with Gasteiger partial charge in [-0.1, -0.05) is 12.1 Å². The van der Waals surface area contributed by atoms with Gasteiger partial charge in [0.15, 0.2) is 11.5 Å². The summed E-state index contributed by atoms with van der Waals surface area (Å²) in [7, 11) is 0. The lowest BCUT2D eigenvalue weighted by molar-refractivity contribution is -0.123. The van der Waals surface area contributed by atoms with Gasteiger partial charge in [-0.15, -0.1) is 0 Å². The number of rotatable bonds is 5. The van der Waals surface area contributed by atoms with Crippen molar-refractivity contribution in [2.24, 2.45) is 5.92 Å². The fourth-order valence-electron chi connectivity index (χ4n) is 2.00. The number of ether oxygens (including phenoxy) is 2. The van der Waals surface area contributed by atoms with Crippen LogP contribution < -0.4 is 20.3 Å². The number of carbonyl (C=O) groups is 1. The zero-order chi connectivity index (χ0) is 13.9. The van der Waals surface area contributed by atoms with Crippen LogP contribution in [-0.4, -0.2) is 12.7 Å². The Morgan fingerprint density at radius 3 is 2.90 bits per heavy atom. The third-order valence-electron chi connectivity index (χ3n) is 3.41. The number of allylic oxidation sites excluding steroid dienone is 2. The Hall–Kier alpha value is -2.17. The van der Waals surface area contributed by atoms with Crippen LogP contribution in [-0.2, 0) is 11.2 Å². The van der Waals surface area contributed by atoms with Gasteiger partial charge in [0.2, 0.25) is 12.7 Å².